The largest absolute Gasteiger partial charge is 0.472 e. The molecule has 0 radical (unpaired) electrons. The molecule has 0 aromatic carbocycles. The highest BCUT2D eigenvalue weighted by Gasteiger charge is 2.18. The molecule has 0 saturated carbocycles. The standard InChI is InChI=1S/C12H20N2O/c1-2-13-12-4-3-6-14(9-12)8-11-5-7-15-10-11/h5,7,10,12-13H,2-4,6,8-9H2,1H3. The van der Waals surface area contributed by atoms with Gasteiger partial charge in [0.25, 0.3) is 0 Å². The summed E-state index contributed by atoms with van der Waals surface area (Å²) < 4.78 is 5.09. The Hall–Kier alpha value is -0.800. The van der Waals surface area contributed by atoms with Crippen LogP contribution < -0.4 is 5.32 Å². The highest BCUT2D eigenvalue weighted by Crippen LogP contribution is 2.13. The van der Waals surface area contributed by atoms with Crippen molar-refractivity contribution in [1.29, 1.82) is 0 Å². The Labute approximate surface area is 91.4 Å². The number of likely N-dealkylation sites (N-methyl/N-ethyl adjacent to an activating group) is 1. The fourth-order valence-corrected chi connectivity index (χ4v) is 2.30. The molecule has 2 heterocycles. The van der Waals surface area contributed by atoms with Crippen LogP contribution in [0.1, 0.15) is 25.3 Å². The minimum Gasteiger partial charge on any atom is -0.472 e. The lowest BCUT2D eigenvalue weighted by Crippen LogP contribution is -2.45. The maximum atomic E-state index is 5.09. The van der Waals surface area contributed by atoms with E-state index in [9.17, 15) is 0 Å². The average Bonchev–Trinajstić information content (AvgIpc) is 2.71. The molecule has 0 aliphatic carbocycles. The minimum atomic E-state index is 0.677. The second-order valence-electron chi connectivity index (χ2n) is 4.26. The summed E-state index contributed by atoms with van der Waals surface area (Å²) in [6, 6.07) is 2.73. The number of nitrogens with one attached hydrogen (secondary N) is 1. The van der Waals surface area contributed by atoms with Crippen LogP contribution in [0.25, 0.3) is 0 Å². The molecule has 15 heavy (non-hydrogen) atoms. The third kappa shape index (κ3) is 3.08. The maximum Gasteiger partial charge on any atom is 0.0947 e. The molecule has 1 aliphatic heterocycles. The lowest BCUT2D eigenvalue weighted by molar-refractivity contribution is 0.184. The number of rotatable bonds is 4. The van der Waals surface area contributed by atoms with Crippen molar-refractivity contribution < 1.29 is 4.42 Å². The van der Waals surface area contributed by atoms with Crippen molar-refractivity contribution >= 4 is 0 Å². The molecule has 2 rings (SSSR count). The molecule has 1 unspecified atom stereocenters. The zero-order valence-electron chi connectivity index (χ0n) is 9.41. The first-order chi connectivity index (χ1) is 7.38. The van der Waals surface area contributed by atoms with Gasteiger partial charge in [0.2, 0.25) is 0 Å². The van der Waals surface area contributed by atoms with Crippen LogP contribution >= 0.6 is 0 Å². The van der Waals surface area contributed by atoms with Crippen LogP contribution in [0, 0.1) is 0 Å². The van der Waals surface area contributed by atoms with E-state index in [2.05, 4.69) is 23.2 Å². The first kappa shape index (κ1) is 10.7. The zero-order valence-corrected chi connectivity index (χ0v) is 9.41. The van der Waals surface area contributed by atoms with Crippen LogP contribution in [0.4, 0.5) is 0 Å². The van der Waals surface area contributed by atoms with E-state index in [4.69, 9.17) is 4.42 Å². The van der Waals surface area contributed by atoms with Crippen LogP contribution in [0.5, 0.6) is 0 Å². The van der Waals surface area contributed by atoms with E-state index in [1.54, 1.807) is 6.26 Å². The van der Waals surface area contributed by atoms with Crippen molar-refractivity contribution in [3.8, 4) is 0 Å². The fraction of sp³-hybridized carbons (Fsp3) is 0.667. The Morgan fingerprint density at radius 1 is 1.60 bits per heavy atom. The Kier molecular flexibility index (Phi) is 3.80. The van der Waals surface area contributed by atoms with E-state index in [0.717, 1.165) is 13.1 Å². The van der Waals surface area contributed by atoms with Crippen molar-refractivity contribution in [2.24, 2.45) is 0 Å². The van der Waals surface area contributed by atoms with Crippen LogP contribution in [0.15, 0.2) is 23.0 Å². The van der Waals surface area contributed by atoms with Gasteiger partial charge in [-0.2, -0.15) is 0 Å². The van der Waals surface area contributed by atoms with Gasteiger partial charge in [-0.3, -0.25) is 4.90 Å². The van der Waals surface area contributed by atoms with Crippen molar-refractivity contribution in [1.82, 2.24) is 10.2 Å². The molecule has 1 aromatic heterocycles. The summed E-state index contributed by atoms with van der Waals surface area (Å²) in [7, 11) is 0. The molecule has 1 aromatic rings. The molecule has 0 spiro atoms. The SMILES string of the molecule is CCNC1CCCN(Cc2ccoc2)C1. The highest BCUT2D eigenvalue weighted by atomic mass is 16.3. The summed E-state index contributed by atoms with van der Waals surface area (Å²) >= 11 is 0. The third-order valence-electron chi connectivity index (χ3n) is 2.98. The van der Waals surface area contributed by atoms with Gasteiger partial charge in [0.1, 0.15) is 0 Å². The molecule has 84 valence electrons. The second-order valence-corrected chi connectivity index (χ2v) is 4.26. The van der Waals surface area contributed by atoms with E-state index in [1.165, 1.54) is 31.5 Å². The fourth-order valence-electron chi connectivity index (χ4n) is 2.30. The molecule has 1 atom stereocenters. The normalized spacial score (nSPS) is 23.1. The van der Waals surface area contributed by atoms with Gasteiger partial charge in [-0.1, -0.05) is 6.92 Å². The molecule has 1 fully saturated rings. The number of piperidine rings is 1. The van der Waals surface area contributed by atoms with Gasteiger partial charge in [0.15, 0.2) is 0 Å². The molecule has 3 nitrogen and oxygen atoms in total. The van der Waals surface area contributed by atoms with E-state index in [0.29, 0.717) is 6.04 Å². The average molecular weight is 208 g/mol. The Bertz CT molecular complexity index is 269. The van der Waals surface area contributed by atoms with Gasteiger partial charge < -0.3 is 9.73 Å². The second kappa shape index (κ2) is 5.33. The van der Waals surface area contributed by atoms with E-state index >= 15 is 0 Å². The van der Waals surface area contributed by atoms with Crippen molar-refractivity contribution in [2.45, 2.75) is 32.4 Å². The summed E-state index contributed by atoms with van der Waals surface area (Å²) in [5.74, 6) is 0. The smallest absolute Gasteiger partial charge is 0.0947 e. The van der Waals surface area contributed by atoms with Gasteiger partial charge in [0.05, 0.1) is 12.5 Å². The van der Waals surface area contributed by atoms with Gasteiger partial charge in [0, 0.05) is 24.7 Å². The lowest BCUT2D eigenvalue weighted by atomic mass is 10.1. The topological polar surface area (TPSA) is 28.4 Å². The van der Waals surface area contributed by atoms with Crippen molar-refractivity contribution in [2.75, 3.05) is 19.6 Å². The summed E-state index contributed by atoms with van der Waals surface area (Å²) in [6.07, 6.45) is 6.21. The predicted molar refractivity (Wildman–Crippen MR) is 60.7 cm³/mol. The first-order valence-electron chi connectivity index (χ1n) is 5.85. The number of nitrogens with zero attached hydrogens (tertiary/aromatic N) is 1. The van der Waals surface area contributed by atoms with Crippen LogP contribution in [0.3, 0.4) is 0 Å². The van der Waals surface area contributed by atoms with Crippen LogP contribution in [-0.2, 0) is 6.54 Å². The molecular weight excluding hydrogens is 188 g/mol. The lowest BCUT2D eigenvalue weighted by Gasteiger charge is -2.32. The summed E-state index contributed by atoms with van der Waals surface area (Å²) in [4.78, 5) is 2.50. The Balaban J connectivity index is 1.82. The summed E-state index contributed by atoms with van der Waals surface area (Å²) in [6.45, 7) is 6.66. The molecule has 1 saturated heterocycles. The quantitative estimate of drug-likeness (QED) is 0.818. The molecule has 0 amide bonds. The number of hydrogen-bond acceptors (Lipinski definition) is 3. The van der Waals surface area contributed by atoms with Gasteiger partial charge in [-0.05, 0) is 32.0 Å². The molecule has 1 aliphatic rings. The summed E-state index contributed by atoms with van der Waals surface area (Å²) in [5, 5.41) is 3.53. The molecule has 1 N–H and O–H groups in total. The Morgan fingerprint density at radius 3 is 3.27 bits per heavy atom. The van der Waals surface area contributed by atoms with Crippen molar-refractivity contribution in [3.05, 3.63) is 24.2 Å². The first-order valence-corrected chi connectivity index (χ1v) is 5.85. The molecule has 3 heteroatoms. The number of hydrogen-bond donors (Lipinski definition) is 1. The Morgan fingerprint density at radius 2 is 2.53 bits per heavy atom. The van der Waals surface area contributed by atoms with Gasteiger partial charge in [-0.25, -0.2) is 0 Å². The van der Waals surface area contributed by atoms with E-state index < -0.39 is 0 Å². The maximum absolute atomic E-state index is 5.09. The zero-order chi connectivity index (χ0) is 10.5. The highest BCUT2D eigenvalue weighted by molar-refractivity contribution is 5.05. The van der Waals surface area contributed by atoms with E-state index in [-0.39, 0.29) is 0 Å². The van der Waals surface area contributed by atoms with E-state index in [1.807, 2.05) is 6.26 Å². The van der Waals surface area contributed by atoms with Crippen LogP contribution in [0.2, 0.25) is 0 Å². The minimum absolute atomic E-state index is 0.677. The van der Waals surface area contributed by atoms with Gasteiger partial charge >= 0.3 is 0 Å². The van der Waals surface area contributed by atoms with Gasteiger partial charge in [-0.15, -0.1) is 0 Å². The van der Waals surface area contributed by atoms with Crippen LogP contribution in [-0.4, -0.2) is 30.6 Å². The predicted octanol–water partition coefficient (Wildman–Crippen LogP) is 1.85. The number of furan rings is 1. The monoisotopic (exact) mass is 208 g/mol. The van der Waals surface area contributed by atoms with Crippen molar-refractivity contribution in [3.63, 3.8) is 0 Å². The number of likely N-dealkylation sites (tertiary alicyclic amines) is 1. The third-order valence-corrected chi connectivity index (χ3v) is 2.98. The molecular formula is C12H20N2O. The summed E-state index contributed by atoms with van der Waals surface area (Å²) in [5.41, 5.74) is 1.28. The molecule has 0 bridgehead atoms.